The van der Waals surface area contributed by atoms with E-state index in [-0.39, 0.29) is 22.6 Å². The van der Waals surface area contributed by atoms with E-state index in [1.54, 1.807) is 42.5 Å². The number of rotatable bonds is 7. The number of ketones is 1. The van der Waals surface area contributed by atoms with Crippen molar-refractivity contribution in [3.63, 3.8) is 0 Å². The molecule has 0 aliphatic heterocycles. The summed E-state index contributed by atoms with van der Waals surface area (Å²) in [7, 11) is 0. The SMILES string of the molecule is O=C(NNc1ccc([N+](=O)[O-])cc1[N+](=O)[O-])c1ccccc1C(=O)c1ccccc1. The van der Waals surface area contributed by atoms with Crippen molar-refractivity contribution < 1.29 is 19.4 Å². The quantitative estimate of drug-likeness (QED) is 0.347. The molecule has 0 saturated heterocycles. The first kappa shape index (κ1) is 20.1. The maximum Gasteiger partial charge on any atom is 0.300 e. The second kappa shape index (κ2) is 8.61. The molecular formula is C20H14N4O6. The summed E-state index contributed by atoms with van der Waals surface area (Å²) in [6.07, 6.45) is 0. The van der Waals surface area contributed by atoms with Crippen LogP contribution in [0.3, 0.4) is 0 Å². The van der Waals surface area contributed by atoms with Crippen LogP contribution >= 0.6 is 0 Å². The molecule has 3 aromatic carbocycles. The van der Waals surface area contributed by atoms with Crippen molar-refractivity contribution in [2.45, 2.75) is 0 Å². The van der Waals surface area contributed by atoms with Crippen molar-refractivity contribution in [3.05, 3.63) is 110 Å². The van der Waals surface area contributed by atoms with Gasteiger partial charge in [0.25, 0.3) is 11.6 Å². The third-order valence-corrected chi connectivity index (χ3v) is 4.15. The number of hydrogen-bond acceptors (Lipinski definition) is 7. The van der Waals surface area contributed by atoms with Gasteiger partial charge in [0.15, 0.2) is 5.78 Å². The zero-order valence-corrected chi connectivity index (χ0v) is 15.3. The van der Waals surface area contributed by atoms with Gasteiger partial charge < -0.3 is 0 Å². The molecule has 1 amide bonds. The maximum atomic E-state index is 12.7. The van der Waals surface area contributed by atoms with Gasteiger partial charge >= 0.3 is 5.69 Å². The highest BCUT2D eigenvalue weighted by Gasteiger charge is 2.21. The van der Waals surface area contributed by atoms with Gasteiger partial charge in [-0.1, -0.05) is 48.5 Å². The van der Waals surface area contributed by atoms with E-state index >= 15 is 0 Å². The van der Waals surface area contributed by atoms with Gasteiger partial charge in [0.2, 0.25) is 0 Å². The Kier molecular flexibility index (Phi) is 5.78. The fourth-order valence-electron chi connectivity index (χ4n) is 2.71. The standard InChI is InChI=1S/C20H14N4O6/c25-19(13-6-2-1-3-7-13)15-8-4-5-9-16(15)20(26)22-21-17-11-10-14(23(27)28)12-18(17)24(29)30/h1-12,21H,(H,22,26). The first-order chi connectivity index (χ1) is 14.4. The minimum Gasteiger partial charge on any atom is -0.292 e. The lowest BCUT2D eigenvalue weighted by molar-refractivity contribution is -0.393. The van der Waals surface area contributed by atoms with Crippen LogP contribution in [0.1, 0.15) is 26.3 Å². The molecule has 0 bridgehead atoms. The van der Waals surface area contributed by atoms with Gasteiger partial charge in [0, 0.05) is 17.2 Å². The van der Waals surface area contributed by atoms with E-state index in [4.69, 9.17) is 0 Å². The molecule has 3 aromatic rings. The van der Waals surface area contributed by atoms with Crippen LogP contribution in [-0.2, 0) is 0 Å². The Hall–Kier alpha value is -4.60. The largest absolute Gasteiger partial charge is 0.300 e. The molecule has 0 aliphatic carbocycles. The van der Waals surface area contributed by atoms with E-state index in [0.29, 0.717) is 5.56 Å². The summed E-state index contributed by atoms with van der Waals surface area (Å²) < 4.78 is 0. The first-order valence-corrected chi connectivity index (χ1v) is 8.56. The zero-order chi connectivity index (χ0) is 21.7. The Balaban J connectivity index is 1.84. The predicted molar refractivity (Wildman–Crippen MR) is 107 cm³/mol. The predicted octanol–water partition coefficient (Wildman–Crippen LogP) is 3.49. The molecule has 0 radical (unpaired) electrons. The molecule has 2 N–H and O–H groups in total. The fraction of sp³-hybridized carbons (Fsp3) is 0. The number of anilines is 1. The van der Waals surface area contributed by atoms with Crippen molar-refractivity contribution in [1.29, 1.82) is 0 Å². The second-order valence-electron chi connectivity index (χ2n) is 6.04. The molecule has 0 saturated carbocycles. The lowest BCUT2D eigenvalue weighted by atomic mass is 9.98. The number of carbonyl (C=O) groups is 2. The summed E-state index contributed by atoms with van der Waals surface area (Å²) in [6.45, 7) is 0. The van der Waals surface area contributed by atoms with Gasteiger partial charge in [-0.3, -0.25) is 40.7 Å². The number of nitro benzene ring substituents is 2. The summed E-state index contributed by atoms with van der Waals surface area (Å²) in [5.74, 6) is -1.06. The number of non-ortho nitro benzene ring substituents is 1. The van der Waals surface area contributed by atoms with Crippen LogP contribution in [0, 0.1) is 20.2 Å². The smallest absolute Gasteiger partial charge is 0.292 e. The average molecular weight is 406 g/mol. The Labute approximate surface area is 169 Å². The van der Waals surface area contributed by atoms with Crippen molar-refractivity contribution in [2.75, 3.05) is 5.43 Å². The molecule has 10 nitrogen and oxygen atoms in total. The van der Waals surface area contributed by atoms with E-state index < -0.39 is 27.1 Å². The van der Waals surface area contributed by atoms with Crippen LogP contribution in [0.15, 0.2) is 72.8 Å². The summed E-state index contributed by atoms with van der Waals surface area (Å²) in [6, 6.07) is 17.5. The van der Waals surface area contributed by atoms with Crippen molar-refractivity contribution in [1.82, 2.24) is 5.43 Å². The molecule has 0 atom stereocenters. The van der Waals surface area contributed by atoms with Crippen LogP contribution in [0.25, 0.3) is 0 Å². The number of amides is 1. The molecule has 30 heavy (non-hydrogen) atoms. The molecule has 0 fully saturated rings. The van der Waals surface area contributed by atoms with Crippen molar-refractivity contribution in [3.8, 4) is 0 Å². The Morgan fingerprint density at radius 2 is 1.40 bits per heavy atom. The van der Waals surface area contributed by atoms with E-state index in [1.165, 1.54) is 12.1 Å². The third kappa shape index (κ3) is 4.28. The van der Waals surface area contributed by atoms with Crippen LogP contribution in [-0.4, -0.2) is 21.5 Å². The van der Waals surface area contributed by atoms with Crippen molar-refractivity contribution >= 4 is 28.8 Å². The summed E-state index contributed by atoms with van der Waals surface area (Å²) in [4.78, 5) is 45.8. The average Bonchev–Trinajstić information content (AvgIpc) is 2.77. The minimum absolute atomic E-state index is 0.0587. The summed E-state index contributed by atoms with van der Waals surface area (Å²) in [5.41, 5.74) is 4.10. The molecule has 0 heterocycles. The number of carbonyl (C=O) groups excluding carboxylic acids is 2. The van der Waals surface area contributed by atoms with Crippen LogP contribution in [0.2, 0.25) is 0 Å². The van der Waals surface area contributed by atoms with E-state index in [1.807, 2.05) is 0 Å². The Bertz CT molecular complexity index is 1150. The highest BCUT2D eigenvalue weighted by atomic mass is 16.6. The molecule has 0 aromatic heterocycles. The van der Waals surface area contributed by atoms with Crippen molar-refractivity contribution in [2.24, 2.45) is 0 Å². The number of hydrogen-bond donors (Lipinski definition) is 2. The summed E-state index contributed by atoms with van der Waals surface area (Å²) in [5, 5.41) is 22.0. The lowest BCUT2D eigenvalue weighted by Crippen LogP contribution is -2.31. The molecule has 10 heteroatoms. The van der Waals surface area contributed by atoms with Gasteiger partial charge in [-0.25, -0.2) is 0 Å². The van der Waals surface area contributed by atoms with E-state index in [0.717, 1.165) is 18.2 Å². The molecule has 3 rings (SSSR count). The molecule has 0 spiro atoms. The normalized spacial score (nSPS) is 10.1. The monoisotopic (exact) mass is 406 g/mol. The molecule has 150 valence electrons. The number of nitrogens with one attached hydrogen (secondary N) is 2. The fourth-order valence-corrected chi connectivity index (χ4v) is 2.71. The number of nitrogens with zero attached hydrogens (tertiary/aromatic N) is 2. The van der Waals surface area contributed by atoms with Gasteiger partial charge in [0.05, 0.1) is 21.5 Å². The third-order valence-electron chi connectivity index (χ3n) is 4.15. The molecular weight excluding hydrogens is 392 g/mol. The number of nitro groups is 2. The molecule has 0 unspecified atom stereocenters. The Morgan fingerprint density at radius 3 is 2.03 bits per heavy atom. The van der Waals surface area contributed by atoms with E-state index in [9.17, 15) is 29.8 Å². The van der Waals surface area contributed by atoms with E-state index in [2.05, 4.69) is 10.9 Å². The lowest BCUT2D eigenvalue weighted by Gasteiger charge is -2.11. The van der Waals surface area contributed by atoms with Gasteiger partial charge in [-0.05, 0) is 12.1 Å². The van der Waals surface area contributed by atoms with Crippen LogP contribution in [0.5, 0.6) is 0 Å². The first-order valence-electron chi connectivity index (χ1n) is 8.56. The van der Waals surface area contributed by atoms with Gasteiger partial charge in [-0.15, -0.1) is 0 Å². The maximum absolute atomic E-state index is 12.7. The summed E-state index contributed by atoms with van der Waals surface area (Å²) >= 11 is 0. The topological polar surface area (TPSA) is 144 Å². The van der Waals surface area contributed by atoms with Crippen LogP contribution in [0.4, 0.5) is 17.1 Å². The second-order valence-corrected chi connectivity index (χ2v) is 6.04. The highest BCUT2D eigenvalue weighted by Crippen LogP contribution is 2.28. The van der Waals surface area contributed by atoms with Gasteiger partial charge in [0.1, 0.15) is 5.69 Å². The van der Waals surface area contributed by atoms with Crippen LogP contribution < -0.4 is 10.9 Å². The number of hydrazine groups is 1. The highest BCUT2D eigenvalue weighted by molar-refractivity contribution is 6.15. The van der Waals surface area contributed by atoms with Gasteiger partial charge in [-0.2, -0.15) is 0 Å². The number of benzene rings is 3. The zero-order valence-electron chi connectivity index (χ0n) is 15.3. The Morgan fingerprint density at radius 1 is 0.767 bits per heavy atom. The molecule has 0 aliphatic rings. The minimum atomic E-state index is -0.811.